The van der Waals surface area contributed by atoms with Crippen LogP contribution >= 0.6 is 11.8 Å². The van der Waals surface area contributed by atoms with E-state index < -0.39 is 0 Å². The first kappa shape index (κ1) is 14.0. The summed E-state index contributed by atoms with van der Waals surface area (Å²) in [5.41, 5.74) is 0. The fraction of sp³-hybridized carbons (Fsp3) is 0.462. The Morgan fingerprint density at radius 1 is 1.48 bits per heavy atom. The van der Waals surface area contributed by atoms with Crippen molar-refractivity contribution in [3.8, 4) is 11.6 Å². The normalized spacial score (nSPS) is 15.4. The van der Waals surface area contributed by atoms with Crippen LogP contribution < -0.4 is 11.2 Å². The lowest BCUT2D eigenvalue weighted by Gasteiger charge is -2.11. The molecule has 3 rings (SSSR count). The van der Waals surface area contributed by atoms with E-state index >= 15 is 0 Å². The van der Waals surface area contributed by atoms with Gasteiger partial charge in [-0.15, -0.1) is 10.2 Å². The van der Waals surface area contributed by atoms with Crippen LogP contribution in [0.2, 0.25) is 0 Å². The highest BCUT2D eigenvalue weighted by Gasteiger charge is 2.19. The van der Waals surface area contributed by atoms with Gasteiger partial charge in [0.2, 0.25) is 16.9 Å². The van der Waals surface area contributed by atoms with Crippen LogP contribution in [0, 0.1) is 0 Å². The zero-order valence-electron chi connectivity index (χ0n) is 11.5. The number of amides is 1. The van der Waals surface area contributed by atoms with Crippen molar-refractivity contribution in [2.75, 3.05) is 11.6 Å². The molecular formula is C13H17N5O2S. The first-order valence-corrected chi connectivity index (χ1v) is 7.89. The van der Waals surface area contributed by atoms with Crippen molar-refractivity contribution >= 4 is 17.7 Å². The summed E-state index contributed by atoms with van der Waals surface area (Å²) >= 11 is 1.27. The lowest BCUT2D eigenvalue weighted by Crippen LogP contribution is -2.34. The summed E-state index contributed by atoms with van der Waals surface area (Å²) in [5.74, 6) is 7.21. The van der Waals surface area contributed by atoms with E-state index in [9.17, 15) is 4.79 Å². The maximum atomic E-state index is 11.9. The molecule has 0 bridgehead atoms. The Morgan fingerprint density at radius 2 is 2.29 bits per heavy atom. The summed E-state index contributed by atoms with van der Waals surface area (Å²) < 4.78 is 6.58. The highest BCUT2D eigenvalue weighted by Crippen LogP contribution is 2.22. The molecule has 0 unspecified atom stereocenters. The number of furan rings is 1. The zero-order chi connectivity index (χ0) is 14.7. The van der Waals surface area contributed by atoms with Gasteiger partial charge in [-0.25, -0.2) is 4.68 Å². The van der Waals surface area contributed by atoms with Crippen LogP contribution in [-0.2, 0) is 4.79 Å². The Balaban J connectivity index is 1.57. The summed E-state index contributed by atoms with van der Waals surface area (Å²) in [6, 6.07) is 3.84. The number of carbonyl (C=O) groups is 1. The molecule has 0 saturated heterocycles. The van der Waals surface area contributed by atoms with Gasteiger partial charge >= 0.3 is 0 Å². The lowest BCUT2D eigenvalue weighted by atomic mass is 10.2. The van der Waals surface area contributed by atoms with Gasteiger partial charge in [-0.1, -0.05) is 24.6 Å². The van der Waals surface area contributed by atoms with Gasteiger partial charge < -0.3 is 15.6 Å². The van der Waals surface area contributed by atoms with Crippen molar-refractivity contribution in [2.45, 2.75) is 36.9 Å². The van der Waals surface area contributed by atoms with Gasteiger partial charge in [-0.2, -0.15) is 0 Å². The van der Waals surface area contributed by atoms with Crippen LogP contribution in [0.25, 0.3) is 11.6 Å². The molecule has 2 aromatic rings. The number of thioether (sulfide) groups is 1. The average Bonchev–Trinajstić information content (AvgIpc) is 3.18. The standard InChI is InChI=1S/C13H17N5O2S/c14-18-12(10-6-3-7-20-10)16-17-13(18)21-8-11(19)15-9-4-1-2-5-9/h3,6-7,9H,1-2,4-5,8,14H2,(H,15,19). The van der Waals surface area contributed by atoms with Crippen molar-refractivity contribution in [1.82, 2.24) is 20.2 Å². The fourth-order valence-corrected chi connectivity index (χ4v) is 3.09. The molecule has 1 saturated carbocycles. The molecule has 0 atom stereocenters. The Morgan fingerprint density at radius 3 is 3.00 bits per heavy atom. The highest BCUT2D eigenvalue weighted by atomic mass is 32.2. The quantitative estimate of drug-likeness (QED) is 0.640. The first-order chi connectivity index (χ1) is 10.2. The molecule has 21 heavy (non-hydrogen) atoms. The van der Waals surface area contributed by atoms with Gasteiger partial charge in [0.25, 0.3) is 0 Å². The van der Waals surface area contributed by atoms with Crippen molar-refractivity contribution in [1.29, 1.82) is 0 Å². The molecule has 1 amide bonds. The van der Waals surface area contributed by atoms with Gasteiger partial charge in [0.05, 0.1) is 12.0 Å². The van der Waals surface area contributed by atoms with Gasteiger partial charge in [0.1, 0.15) is 0 Å². The number of nitrogens with one attached hydrogen (secondary N) is 1. The number of hydrogen-bond donors (Lipinski definition) is 2. The van der Waals surface area contributed by atoms with Gasteiger partial charge in [0.15, 0.2) is 5.76 Å². The van der Waals surface area contributed by atoms with Crippen molar-refractivity contribution in [2.24, 2.45) is 0 Å². The second kappa shape index (κ2) is 6.21. The minimum atomic E-state index is 0.00875. The summed E-state index contributed by atoms with van der Waals surface area (Å²) in [6.07, 6.45) is 6.09. The van der Waals surface area contributed by atoms with Crippen LogP contribution in [0.3, 0.4) is 0 Å². The largest absolute Gasteiger partial charge is 0.461 e. The summed E-state index contributed by atoms with van der Waals surface area (Å²) in [4.78, 5) is 11.9. The predicted molar refractivity (Wildman–Crippen MR) is 79.0 cm³/mol. The van der Waals surface area contributed by atoms with E-state index in [0.29, 0.717) is 22.8 Å². The average molecular weight is 307 g/mol. The Hall–Kier alpha value is -1.96. The van der Waals surface area contributed by atoms with Crippen LogP contribution in [-0.4, -0.2) is 32.6 Å². The lowest BCUT2D eigenvalue weighted by molar-refractivity contribution is -0.119. The van der Waals surface area contributed by atoms with Crippen LogP contribution in [0.15, 0.2) is 28.0 Å². The number of nitrogen functional groups attached to an aromatic ring is 1. The van der Waals surface area contributed by atoms with E-state index in [-0.39, 0.29) is 11.7 Å². The molecule has 8 heteroatoms. The molecule has 2 heterocycles. The Labute approximate surface area is 126 Å². The number of nitrogens with zero attached hydrogens (tertiary/aromatic N) is 3. The van der Waals surface area contributed by atoms with Crippen molar-refractivity contribution < 1.29 is 9.21 Å². The molecule has 1 aliphatic carbocycles. The van der Waals surface area contributed by atoms with Crippen molar-refractivity contribution in [3.63, 3.8) is 0 Å². The molecule has 0 aromatic carbocycles. The highest BCUT2D eigenvalue weighted by molar-refractivity contribution is 7.99. The van der Waals surface area contributed by atoms with E-state index in [2.05, 4.69) is 15.5 Å². The second-order valence-electron chi connectivity index (χ2n) is 4.99. The maximum absolute atomic E-state index is 11.9. The minimum absolute atomic E-state index is 0.00875. The Kier molecular flexibility index (Phi) is 4.14. The first-order valence-electron chi connectivity index (χ1n) is 6.90. The number of aromatic nitrogens is 3. The van der Waals surface area contributed by atoms with E-state index in [1.54, 1.807) is 18.4 Å². The maximum Gasteiger partial charge on any atom is 0.230 e. The van der Waals surface area contributed by atoms with Gasteiger partial charge in [0, 0.05) is 6.04 Å². The molecule has 0 spiro atoms. The summed E-state index contributed by atoms with van der Waals surface area (Å²) in [7, 11) is 0. The minimum Gasteiger partial charge on any atom is -0.461 e. The summed E-state index contributed by atoms with van der Waals surface area (Å²) in [6.45, 7) is 0. The van der Waals surface area contributed by atoms with Crippen LogP contribution in [0.4, 0.5) is 0 Å². The molecule has 7 nitrogen and oxygen atoms in total. The third-order valence-electron chi connectivity index (χ3n) is 3.46. The molecule has 112 valence electrons. The smallest absolute Gasteiger partial charge is 0.230 e. The monoisotopic (exact) mass is 307 g/mol. The summed E-state index contributed by atoms with van der Waals surface area (Å²) in [5, 5.41) is 11.5. The number of rotatable bonds is 5. The zero-order valence-corrected chi connectivity index (χ0v) is 12.3. The molecule has 0 aliphatic heterocycles. The number of carbonyl (C=O) groups excluding carboxylic acids is 1. The SMILES string of the molecule is Nn1c(SCC(=O)NC2CCCC2)nnc1-c1ccco1. The third-order valence-corrected chi connectivity index (χ3v) is 4.40. The van der Waals surface area contributed by atoms with Gasteiger partial charge in [-0.3, -0.25) is 4.79 Å². The fourth-order valence-electron chi connectivity index (χ4n) is 2.42. The van der Waals surface area contributed by atoms with Gasteiger partial charge in [-0.05, 0) is 25.0 Å². The van der Waals surface area contributed by atoms with E-state index in [4.69, 9.17) is 10.3 Å². The molecule has 0 radical (unpaired) electrons. The van der Waals surface area contributed by atoms with Crippen LogP contribution in [0.5, 0.6) is 0 Å². The Bertz CT molecular complexity index is 604. The van der Waals surface area contributed by atoms with E-state index in [0.717, 1.165) is 12.8 Å². The topological polar surface area (TPSA) is 99.0 Å². The van der Waals surface area contributed by atoms with Crippen LogP contribution in [0.1, 0.15) is 25.7 Å². The van der Waals surface area contributed by atoms with E-state index in [1.165, 1.54) is 29.3 Å². The molecule has 1 aliphatic rings. The number of nitrogens with two attached hydrogens (primary N) is 1. The molecular weight excluding hydrogens is 290 g/mol. The molecule has 2 aromatic heterocycles. The molecule has 3 N–H and O–H groups in total. The molecule has 1 fully saturated rings. The van der Waals surface area contributed by atoms with Crippen molar-refractivity contribution in [3.05, 3.63) is 18.4 Å². The van der Waals surface area contributed by atoms with E-state index in [1.807, 2.05) is 0 Å². The number of hydrogen-bond acceptors (Lipinski definition) is 6. The second-order valence-corrected chi connectivity index (χ2v) is 5.93. The predicted octanol–water partition coefficient (Wildman–Crippen LogP) is 1.40. The third kappa shape index (κ3) is 3.21.